The van der Waals surface area contributed by atoms with Gasteiger partial charge in [0, 0.05) is 31.1 Å². The van der Waals surface area contributed by atoms with Crippen LogP contribution >= 0.6 is 11.8 Å². The first kappa shape index (κ1) is 19.5. The van der Waals surface area contributed by atoms with Crippen molar-refractivity contribution in [3.63, 3.8) is 0 Å². The van der Waals surface area contributed by atoms with E-state index in [9.17, 15) is 4.79 Å². The van der Waals surface area contributed by atoms with Crippen LogP contribution in [-0.4, -0.2) is 61.4 Å². The molecular formula is C20H26N4O2S. The summed E-state index contributed by atoms with van der Waals surface area (Å²) < 4.78 is 5.42. The third kappa shape index (κ3) is 5.87. The summed E-state index contributed by atoms with van der Waals surface area (Å²) >= 11 is 1.50. The fraction of sp³-hybridized carbons (Fsp3) is 0.400. The third-order valence-corrected chi connectivity index (χ3v) is 5.38. The fourth-order valence-electron chi connectivity index (χ4n) is 2.83. The Balaban J connectivity index is 1.46. The van der Waals surface area contributed by atoms with E-state index in [-0.39, 0.29) is 5.91 Å². The molecule has 3 rings (SSSR count). The second kappa shape index (κ2) is 9.62. The number of nitrogens with zero attached hydrogens (tertiary/aromatic N) is 3. The van der Waals surface area contributed by atoms with Crippen molar-refractivity contribution in [1.29, 1.82) is 0 Å². The zero-order valence-corrected chi connectivity index (χ0v) is 16.7. The lowest BCUT2D eigenvalue weighted by atomic mass is 10.3. The number of nitrogens with one attached hydrogen (secondary N) is 1. The molecule has 1 fully saturated rings. The Bertz CT molecular complexity index is 729. The van der Waals surface area contributed by atoms with Crippen molar-refractivity contribution in [3.05, 3.63) is 42.6 Å². The highest BCUT2D eigenvalue weighted by molar-refractivity contribution is 8.00. The Morgan fingerprint density at radius 3 is 2.52 bits per heavy atom. The van der Waals surface area contributed by atoms with E-state index in [2.05, 4.69) is 27.1 Å². The number of hydrogen-bond donors (Lipinski definition) is 1. The van der Waals surface area contributed by atoms with E-state index in [1.54, 1.807) is 6.20 Å². The van der Waals surface area contributed by atoms with Crippen molar-refractivity contribution in [2.45, 2.75) is 11.8 Å². The Morgan fingerprint density at radius 1 is 1.15 bits per heavy atom. The summed E-state index contributed by atoms with van der Waals surface area (Å²) in [6, 6.07) is 11.7. The zero-order chi connectivity index (χ0) is 19.1. The van der Waals surface area contributed by atoms with Crippen molar-refractivity contribution in [2.75, 3.05) is 55.8 Å². The largest absolute Gasteiger partial charge is 0.494 e. The lowest BCUT2D eigenvalue weighted by Crippen LogP contribution is -2.44. The molecule has 0 saturated carbocycles. The second-order valence-corrected chi connectivity index (χ2v) is 7.49. The Morgan fingerprint density at radius 2 is 1.89 bits per heavy atom. The molecule has 0 spiro atoms. The van der Waals surface area contributed by atoms with Crippen LogP contribution in [0, 0.1) is 0 Å². The first-order chi connectivity index (χ1) is 13.1. The van der Waals surface area contributed by atoms with Crippen molar-refractivity contribution in [1.82, 2.24) is 9.88 Å². The molecule has 7 heteroatoms. The molecule has 1 aromatic carbocycles. The van der Waals surface area contributed by atoms with Crippen molar-refractivity contribution in [2.24, 2.45) is 0 Å². The number of thioether (sulfide) groups is 1. The standard InChI is InChI=1S/C20H26N4O2S/c1-3-26-17-5-7-18(8-6-17)27-15-20(25)22-16-4-9-19(21-14-16)24-12-10-23(2)11-13-24/h4-9,14H,3,10-13,15H2,1-2H3,(H,22,25). The van der Waals surface area contributed by atoms with Crippen LogP contribution in [0.4, 0.5) is 11.5 Å². The summed E-state index contributed by atoms with van der Waals surface area (Å²) in [5, 5.41) is 2.91. The van der Waals surface area contributed by atoms with E-state index in [1.165, 1.54) is 11.8 Å². The highest BCUT2D eigenvalue weighted by Crippen LogP contribution is 2.22. The molecule has 6 nitrogen and oxygen atoms in total. The number of benzene rings is 1. The summed E-state index contributed by atoms with van der Waals surface area (Å²) in [5.41, 5.74) is 0.727. The van der Waals surface area contributed by atoms with Gasteiger partial charge in [-0.05, 0) is 50.4 Å². The molecule has 1 aliphatic heterocycles. The molecule has 1 aromatic heterocycles. The average molecular weight is 387 g/mol. The number of rotatable bonds is 7. The topological polar surface area (TPSA) is 57.7 Å². The van der Waals surface area contributed by atoms with Crippen LogP contribution in [0.1, 0.15) is 6.92 Å². The lowest BCUT2D eigenvalue weighted by Gasteiger charge is -2.33. The Labute approximate surface area is 164 Å². The lowest BCUT2D eigenvalue weighted by molar-refractivity contribution is -0.113. The predicted molar refractivity (Wildman–Crippen MR) is 111 cm³/mol. The van der Waals surface area contributed by atoms with Crippen LogP contribution in [0.5, 0.6) is 5.75 Å². The quantitative estimate of drug-likeness (QED) is 0.739. The number of likely N-dealkylation sites (N-methyl/N-ethyl adjacent to an activating group) is 1. The van der Waals surface area contributed by atoms with Gasteiger partial charge >= 0.3 is 0 Å². The van der Waals surface area contributed by atoms with Crippen LogP contribution in [-0.2, 0) is 4.79 Å². The molecule has 1 N–H and O–H groups in total. The van der Waals surface area contributed by atoms with Gasteiger partial charge in [-0.1, -0.05) is 0 Å². The molecule has 0 unspecified atom stereocenters. The van der Waals surface area contributed by atoms with Crippen LogP contribution in [0.25, 0.3) is 0 Å². The summed E-state index contributed by atoms with van der Waals surface area (Å²) in [6.07, 6.45) is 1.73. The van der Waals surface area contributed by atoms with E-state index >= 15 is 0 Å². The number of ether oxygens (including phenoxy) is 1. The highest BCUT2D eigenvalue weighted by Gasteiger charge is 2.15. The maximum atomic E-state index is 12.2. The summed E-state index contributed by atoms with van der Waals surface area (Å²) in [5.74, 6) is 2.12. The fourth-order valence-corrected chi connectivity index (χ4v) is 3.53. The van der Waals surface area contributed by atoms with Gasteiger partial charge in [-0.3, -0.25) is 4.79 Å². The molecule has 144 valence electrons. The number of amides is 1. The van der Waals surface area contributed by atoms with Gasteiger partial charge in [-0.15, -0.1) is 11.8 Å². The van der Waals surface area contributed by atoms with Gasteiger partial charge in [0.1, 0.15) is 11.6 Å². The molecule has 0 bridgehead atoms. The number of aromatic nitrogens is 1. The SMILES string of the molecule is CCOc1ccc(SCC(=O)Nc2ccc(N3CCN(C)CC3)nc2)cc1. The van der Waals surface area contributed by atoms with Gasteiger partial charge < -0.3 is 19.9 Å². The maximum absolute atomic E-state index is 12.2. The van der Waals surface area contributed by atoms with E-state index < -0.39 is 0 Å². The van der Waals surface area contributed by atoms with Crippen molar-refractivity contribution in [3.8, 4) is 5.75 Å². The maximum Gasteiger partial charge on any atom is 0.234 e. The van der Waals surface area contributed by atoms with E-state index in [1.807, 2.05) is 43.3 Å². The summed E-state index contributed by atoms with van der Waals surface area (Å²) in [7, 11) is 2.13. The first-order valence-corrected chi connectivity index (χ1v) is 10.2. The van der Waals surface area contributed by atoms with Gasteiger partial charge in [-0.25, -0.2) is 4.98 Å². The molecule has 2 heterocycles. The molecule has 1 amide bonds. The van der Waals surface area contributed by atoms with Gasteiger partial charge in [0.05, 0.1) is 24.2 Å². The van der Waals surface area contributed by atoms with E-state index in [4.69, 9.17) is 4.74 Å². The van der Waals surface area contributed by atoms with Crippen LogP contribution in [0.3, 0.4) is 0 Å². The van der Waals surface area contributed by atoms with Crippen LogP contribution < -0.4 is 15.0 Å². The average Bonchev–Trinajstić information content (AvgIpc) is 2.69. The number of carbonyl (C=O) groups is 1. The van der Waals surface area contributed by atoms with Gasteiger partial charge in [0.2, 0.25) is 5.91 Å². The minimum absolute atomic E-state index is 0.0389. The van der Waals surface area contributed by atoms with Gasteiger partial charge in [0.15, 0.2) is 0 Å². The number of pyridine rings is 1. The van der Waals surface area contributed by atoms with Crippen LogP contribution in [0.2, 0.25) is 0 Å². The molecule has 0 radical (unpaired) electrons. The minimum atomic E-state index is -0.0389. The Kier molecular flexibility index (Phi) is 6.95. The van der Waals surface area contributed by atoms with Crippen LogP contribution in [0.15, 0.2) is 47.5 Å². The molecule has 1 aliphatic rings. The summed E-state index contributed by atoms with van der Waals surface area (Å²) in [4.78, 5) is 22.3. The minimum Gasteiger partial charge on any atom is -0.494 e. The first-order valence-electron chi connectivity index (χ1n) is 9.19. The normalized spacial score (nSPS) is 14.8. The van der Waals surface area contributed by atoms with Crippen molar-refractivity contribution < 1.29 is 9.53 Å². The Hall–Kier alpha value is -2.25. The van der Waals surface area contributed by atoms with Gasteiger partial charge in [0.25, 0.3) is 0 Å². The predicted octanol–water partition coefficient (Wildman–Crippen LogP) is 2.96. The smallest absolute Gasteiger partial charge is 0.234 e. The highest BCUT2D eigenvalue weighted by atomic mass is 32.2. The molecule has 0 atom stereocenters. The number of piperazine rings is 1. The van der Waals surface area contributed by atoms with Crippen molar-refractivity contribution >= 4 is 29.2 Å². The monoisotopic (exact) mass is 386 g/mol. The van der Waals surface area contributed by atoms with Gasteiger partial charge in [-0.2, -0.15) is 0 Å². The number of anilines is 2. The number of carbonyl (C=O) groups excluding carboxylic acids is 1. The molecular weight excluding hydrogens is 360 g/mol. The van der Waals surface area contributed by atoms with E-state index in [0.717, 1.165) is 48.3 Å². The number of hydrogen-bond acceptors (Lipinski definition) is 6. The molecule has 1 saturated heterocycles. The molecule has 0 aliphatic carbocycles. The van der Waals surface area contributed by atoms with E-state index in [0.29, 0.717) is 12.4 Å². The second-order valence-electron chi connectivity index (χ2n) is 6.44. The zero-order valence-electron chi connectivity index (χ0n) is 15.9. The third-order valence-electron chi connectivity index (χ3n) is 4.36. The molecule has 27 heavy (non-hydrogen) atoms. The summed E-state index contributed by atoms with van der Waals surface area (Å²) in [6.45, 7) is 6.66. The molecule has 2 aromatic rings.